The van der Waals surface area contributed by atoms with Gasteiger partial charge < -0.3 is 14.7 Å². The first kappa shape index (κ1) is 30.0. The van der Waals surface area contributed by atoms with E-state index in [0.717, 1.165) is 68.4 Å². The molecule has 1 atom stereocenters. The quantitative estimate of drug-likeness (QED) is 0.338. The predicted molar refractivity (Wildman–Crippen MR) is 160 cm³/mol. The molecule has 0 unspecified atom stereocenters. The molecule has 1 fully saturated rings. The minimum atomic E-state index is -0.855. The standard InChI is InChI=1S/C31H36N4O3.H2S/c1-3-5-26-20-32-31(33-21-26)35-17-15-34(16-18-35)22-24-7-9-25(10-8-24)23-38-29-13-11-27(12-14-29)28(6-4-2)19-30(36)37;/h7-14,20-21,28H,3,5,15-19,22-23H2,1-2H3,(H,36,37);1H2/t28-;/m0./s1. The van der Waals surface area contributed by atoms with E-state index in [0.29, 0.717) is 6.61 Å². The number of carboxylic acid groups (broad SMARTS) is 1. The van der Waals surface area contributed by atoms with Crippen LogP contribution in [0.15, 0.2) is 60.9 Å². The van der Waals surface area contributed by atoms with E-state index < -0.39 is 5.97 Å². The number of rotatable bonds is 11. The van der Waals surface area contributed by atoms with Crippen molar-refractivity contribution in [1.29, 1.82) is 0 Å². The Bertz CT molecular complexity index is 1230. The number of carbonyl (C=O) groups is 1. The van der Waals surface area contributed by atoms with Gasteiger partial charge in [-0.3, -0.25) is 9.69 Å². The van der Waals surface area contributed by atoms with E-state index in [4.69, 9.17) is 9.84 Å². The van der Waals surface area contributed by atoms with Gasteiger partial charge in [-0.2, -0.15) is 13.5 Å². The Labute approximate surface area is 238 Å². The zero-order valence-electron chi connectivity index (χ0n) is 22.8. The van der Waals surface area contributed by atoms with Crippen LogP contribution in [0, 0.1) is 11.8 Å². The number of aliphatic carboxylic acids is 1. The molecule has 1 aromatic heterocycles. The van der Waals surface area contributed by atoms with Crippen LogP contribution in [0.1, 0.15) is 54.9 Å². The lowest BCUT2D eigenvalue weighted by Gasteiger charge is -2.34. The molecule has 8 heteroatoms. The first-order chi connectivity index (χ1) is 18.5. The van der Waals surface area contributed by atoms with Gasteiger partial charge in [0.25, 0.3) is 0 Å². The molecule has 2 aromatic carbocycles. The van der Waals surface area contributed by atoms with E-state index in [1.165, 1.54) is 11.1 Å². The summed E-state index contributed by atoms with van der Waals surface area (Å²) in [6.07, 6.45) is 6.04. The van der Waals surface area contributed by atoms with Gasteiger partial charge >= 0.3 is 5.97 Å². The third-order valence-electron chi connectivity index (χ3n) is 6.70. The van der Waals surface area contributed by atoms with Gasteiger partial charge in [-0.15, -0.1) is 5.92 Å². The maximum atomic E-state index is 11.1. The number of hydrogen-bond donors (Lipinski definition) is 1. The van der Waals surface area contributed by atoms with Crippen LogP contribution in [-0.4, -0.2) is 52.1 Å². The van der Waals surface area contributed by atoms with Gasteiger partial charge in [0.15, 0.2) is 0 Å². The average molecular weight is 547 g/mol. The van der Waals surface area contributed by atoms with Crippen molar-refractivity contribution in [1.82, 2.24) is 14.9 Å². The third kappa shape index (κ3) is 9.02. The monoisotopic (exact) mass is 546 g/mol. The Hall–Kier alpha value is -3.54. The van der Waals surface area contributed by atoms with E-state index in [1.807, 2.05) is 36.7 Å². The summed E-state index contributed by atoms with van der Waals surface area (Å²) in [4.78, 5) is 25.0. The number of aryl methyl sites for hydroxylation is 1. The minimum Gasteiger partial charge on any atom is -0.489 e. The summed E-state index contributed by atoms with van der Waals surface area (Å²) in [7, 11) is 0. The number of ether oxygens (including phenoxy) is 1. The molecule has 0 radical (unpaired) electrons. The number of benzene rings is 2. The summed E-state index contributed by atoms with van der Waals surface area (Å²) in [5.74, 6) is 6.21. The minimum absolute atomic E-state index is 0. The van der Waals surface area contributed by atoms with Crippen LogP contribution in [0.25, 0.3) is 0 Å². The zero-order chi connectivity index (χ0) is 26.7. The van der Waals surface area contributed by atoms with E-state index in [-0.39, 0.29) is 25.8 Å². The SMILES string of the molecule is CC#C[C@@H](CC(=O)O)c1ccc(OCc2ccc(CN3CCN(c4ncc(CCC)cn4)CC3)cc2)cc1.S. The largest absolute Gasteiger partial charge is 0.489 e. The number of piperazine rings is 1. The van der Waals surface area contributed by atoms with Crippen LogP contribution in [-0.2, 0) is 24.4 Å². The summed E-state index contributed by atoms with van der Waals surface area (Å²) >= 11 is 0. The molecule has 0 amide bonds. The molecule has 1 aliphatic heterocycles. The molecule has 0 bridgehead atoms. The van der Waals surface area contributed by atoms with Crippen LogP contribution in [0.4, 0.5) is 5.95 Å². The fourth-order valence-corrected chi connectivity index (χ4v) is 4.60. The molecule has 1 N–H and O–H groups in total. The van der Waals surface area contributed by atoms with Gasteiger partial charge in [0.2, 0.25) is 5.95 Å². The summed E-state index contributed by atoms with van der Waals surface area (Å²) in [5.41, 5.74) is 4.47. The summed E-state index contributed by atoms with van der Waals surface area (Å²) < 4.78 is 5.95. The predicted octanol–water partition coefficient (Wildman–Crippen LogP) is 5.02. The highest BCUT2D eigenvalue weighted by atomic mass is 32.1. The van der Waals surface area contributed by atoms with Gasteiger partial charge in [0.05, 0.1) is 12.3 Å². The lowest BCUT2D eigenvalue weighted by Crippen LogP contribution is -2.46. The van der Waals surface area contributed by atoms with Crippen LogP contribution in [0.3, 0.4) is 0 Å². The second-order valence-corrected chi connectivity index (χ2v) is 9.62. The Morgan fingerprint density at radius 2 is 1.62 bits per heavy atom. The van der Waals surface area contributed by atoms with Crippen LogP contribution < -0.4 is 9.64 Å². The van der Waals surface area contributed by atoms with E-state index in [2.05, 4.69) is 62.8 Å². The molecular formula is C31H38N4O3S. The van der Waals surface area contributed by atoms with E-state index in [1.54, 1.807) is 6.92 Å². The van der Waals surface area contributed by atoms with Crippen LogP contribution in [0.5, 0.6) is 5.75 Å². The Morgan fingerprint density at radius 3 is 2.21 bits per heavy atom. The van der Waals surface area contributed by atoms with E-state index >= 15 is 0 Å². The fraction of sp³-hybridized carbons (Fsp3) is 0.387. The zero-order valence-corrected chi connectivity index (χ0v) is 23.8. The molecule has 3 aromatic rings. The lowest BCUT2D eigenvalue weighted by molar-refractivity contribution is -0.137. The molecule has 1 saturated heterocycles. The highest BCUT2D eigenvalue weighted by Crippen LogP contribution is 2.23. The van der Waals surface area contributed by atoms with Crippen molar-refractivity contribution in [3.05, 3.63) is 83.2 Å². The molecule has 206 valence electrons. The molecule has 2 heterocycles. The molecule has 4 rings (SSSR count). The normalized spacial score (nSPS) is 14.1. The maximum Gasteiger partial charge on any atom is 0.304 e. The first-order valence-electron chi connectivity index (χ1n) is 13.3. The molecule has 0 spiro atoms. The van der Waals surface area contributed by atoms with Crippen molar-refractivity contribution in [2.45, 2.75) is 52.2 Å². The molecule has 0 aliphatic carbocycles. The van der Waals surface area contributed by atoms with Gasteiger partial charge in [0, 0.05) is 45.1 Å². The Balaban J connectivity index is 0.00000420. The van der Waals surface area contributed by atoms with Gasteiger partial charge in [0.1, 0.15) is 12.4 Å². The van der Waals surface area contributed by atoms with Crippen molar-refractivity contribution in [2.24, 2.45) is 0 Å². The molecule has 39 heavy (non-hydrogen) atoms. The second kappa shape index (κ2) is 15.2. The van der Waals surface area contributed by atoms with Gasteiger partial charge in [-0.25, -0.2) is 9.97 Å². The number of aromatic nitrogens is 2. The number of anilines is 1. The summed E-state index contributed by atoms with van der Waals surface area (Å²) in [5, 5.41) is 9.12. The smallest absolute Gasteiger partial charge is 0.304 e. The second-order valence-electron chi connectivity index (χ2n) is 9.62. The lowest BCUT2D eigenvalue weighted by atomic mass is 9.96. The van der Waals surface area contributed by atoms with Crippen LogP contribution >= 0.6 is 13.5 Å². The summed E-state index contributed by atoms with van der Waals surface area (Å²) in [6.45, 7) is 9.12. The Morgan fingerprint density at radius 1 is 0.974 bits per heavy atom. The molecular weight excluding hydrogens is 508 g/mol. The molecule has 1 aliphatic rings. The Kier molecular flexibility index (Phi) is 11.7. The number of carboxylic acids is 1. The van der Waals surface area contributed by atoms with Crippen LogP contribution in [0.2, 0.25) is 0 Å². The fourth-order valence-electron chi connectivity index (χ4n) is 4.60. The highest BCUT2D eigenvalue weighted by Gasteiger charge is 2.19. The average Bonchev–Trinajstić information content (AvgIpc) is 2.94. The van der Waals surface area contributed by atoms with E-state index in [9.17, 15) is 4.79 Å². The number of nitrogens with zero attached hydrogens (tertiary/aromatic N) is 4. The maximum absolute atomic E-state index is 11.1. The number of hydrogen-bond acceptors (Lipinski definition) is 6. The van der Waals surface area contributed by atoms with Crippen molar-refractivity contribution < 1.29 is 14.6 Å². The first-order valence-corrected chi connectivity index (χ1v) is 13.3. The van der Waals surface area contributed by atoms with Gasteiger partial charge in [-0.05, 0) is 47.7 Å². The van der Waals surface area contributed by atoms with Gasteiger partial charge in [-0.1, -0.05) is 55.7 Å². The summed E-state index contributed by atoms with van der Waals surface area (Å²) in [6, 6.07) is 16.1. The van der Waals surface area contributed by atoms with Crippen molar-refractivity contribution >= 4 is 25.4 Å². The topological polar surface area (TPSA) is 78.8 Å². The third-order valence-corrected chi connectivity index (χ3v) is 6.70. The van der Waals surface area contributed by atoms with Crippen molar-refractivity contribution in [3.63, 3.8) is 0 Å². The molecule has 7 nitrogen and oxygen atoms in total. The van der Waals surface area contributed by atoms with Crippen molar-refractivity contribution in [3.8, 4) is 17.6 Å². The molecule has 0 saturated carbocycles. The van der Waals surface area contributed by atoms with Crippen molar-refractivity contribution in [2.75, 3.05) is 31.1 Å². The highest BCUT2D eigenvalue weighted by molar-refractivity contribution is 7.59.